The molecule has 2 aromatic heterocycles. The van der Waals surface area contributed by atoms with Crippen LogP contribution < -0.4 is 5.32 Å². The van der Waals surface area contributed by atoms with Gasteiger partial charge in [-0.25, -0.2) is 4.98 Å². The molecule has 0 aliphatic rings. The van der Waals surface area contributed by atoms with Crippen LogP contribution in [0.15, 0.2) is 18.5 Å². The normalized spacial score (nSPS) is 12.2. The molecule has 2 heterocycles. The summed E-state index contributed by atoms with van der Waals surface area (Å²) in [6.45, 7) is 3.81. The monoisotopic (exact) mass is 293 g/mol. The predicted octanol–water partition coefficient (Wildman–Crippen LogP) is 1.92. The number of carbonyl (C=O) groups is 1. The fraction of sp³-hybridized carbons (Fsp3) is 0.385. The van der Waals surface area contributed by atoms with Crippen molar-refractivity contribution in [1.29, 1.82) is 0 Å². The summed E-state index contributed by atoms with van der Waals surface area (Å²) in [4.78, 5) is 16.4. The third-order valence-electron chi connectivity index (χ3n) is 2.95. The number of aromatic nitrogens is 4. The lowest BCUT2D eigenvalue weighted by Gasteiger charge is -2.13. The zero-order valence-electron chi connectivity index (χ0n) is 11.6. The van der Waals surface area contributed by atoms with Crippen molar-refractivity contribution >= 4 is 17.5 Å². The number of pyridine rings is 1. The molecule has 0 radical (unpaired) electrons. The molecule has 0 fully saturated rings. The molecule has 2 aromatic rings. The topological polar surface area (TPSA) is 72.7 Å². The van der Waals surface area contributed by atoms with E-state index in [0.717, 1.165) is 12.1 Å². The highest BCUT2D eigenvalue weighted by Crippen LogP contribution is 2.14. The Bertz CT molecular complexity index is 625. The van der Waals surface area contributed by atoms with Crippen LogP contribution in [0.25, 0.3) is 0 Å². The SMILES string of the molecule is CCc1cc(C(=O)NC(C)c2nncn2C)cc(Cl)n1. The molecule has 0 saturated heterocycles. The number of rotatable bonds is 4. The van der Waals surface area contributed by atoms with E-state index >= 15 is 0 Å². The van der Waals surface area contributed by atoms with E-state index in [9.17, 15) is 4.79 Å². The first-order valence-corrected chi connectivity index (χ1v) is 6.70. The Labute approximate surface area is 122 Å². The number of nitrogens with zero attached hydrogens (tertiary/aromatic N) is 4. The summed E-state index contributed by atoms with van der Waals surface area (Å²) >= 11 is 5.92. The number of carbonyl (C=O) groups excluding carboxylic acids is 1. The summed E-state index contributed by atoms with van der Waals surface area (Å²) in [5, 5.41) is 11.0. The van der Waals surface area contributed by atoms with E-state index in [-0.39, 0.29) is 11.9 Å². The highest BCUT2D eigenvalue weighted by Gasteiger charge is 2.16. The Kier molecular flexibility index (Phi) is 4.34. The van der Waals surface area contributed by atoms with Gasteiger partial charge in [-0.1, -0.05) is 18.5 Å². The maximum atomic E-state index is 12.2. The maximum absolute atomic E-state index is 12.2. The fourth-order valence-electron chi connectivity index (χ4n) is 1.89. The van der Waals surface area contributed by atoms with Gasteiger partial charge < -0.3 is 9.88 Å². The van der Waals surface area contributed by atoms with E-state index in [2.05, 4.69) is 20.5 Å². The summed E-state index contributed by atoms with van der Waals surface area (Å²) in [6.07, 6.45) is 2.32. The molecule has 0 aliphatic carbocycles. The lowest BCUT2D eigenvalue weighted by molar-refractivity contribution is 0.0937. The van der Waals surface area contributed by atoms with Crippen LogP contribution in [0.2, 0.25) is 5.15 Å². The fourth-order valence-corrected chi connectivity index (χ4v) is 2.12. The van der Waals surface area contributed by atoms with Crippen LogP contribution in [-0.2, 0) is 13.5 Å². The summed E-state index contributed by atoms with van der Waals surface area (Å²) in [6, 6.07) is 3.05. The van der Waals surface area contributed by atoms with Crippen LogP contribution >= 0.6 is 11.6 Å². The number of aryl methyl sites for hydroxylation is 2. The molecule has 0 aliphatic heterocycles. The first-order valence-electron chi connectivity index (χ1n) is 6.32. The van der Waals surface area contributed by atoms with Crippen LogP contribution in [0.5, 0.6) is 0 Å². The van der Waals surface area contributed by atoms with Crippen molar-refractivity contribution in [2.24, 2.45) is 7.05 Å². The largest absolute Gasteiger partial charge is 0.342 e. The van der Waals surface area contributed by atoms with Gasteiger partial charge in [-0.2, -0.15) is 0 Å². The number of nitrogens with one attached hydrogen (secondary N) is 1. The van der Waals surface area contributed by atoms with Crippen molar-refractivity contribution in [3.63, 3.8) is 0 Å². The van der Waals surface area contributed by atoms with Gasteiger partial charge in [0.15, 0.2) is 5.82 Å². The molecule has 1 amide bonds. The Hall–Kier alpha value is -1.95. The van der Waals surface area contributed by atoms with Crippen LogP contribution in [0, 0.1) is 0 Å². The van der Waals surface area contributed by atoms with Gasteiger partial charge in [-0.05, 0) is 25.5 Å². The van der Waals surface area contributed by atoms with Crippen LogP contribution in [-0.4, -0.2) is 25.7 Å². The molecule has 0 bridgehead atoms. The third kappa shape index (κ3) is 3.14. The summed E-state index contributed by atoms with van der Waals surface area (Å²) in [7, 11) is 1.83. The van der Waals surface area contributed by atoms with E-state index in [1.54, 1.807) is 23.0 Å². The van der Waals surface area contributed by atoms with Crippen LogP contribution in [0.4, 0.5) is 0 Å². The highest BCUT2D eigenvalue weighted by atomic mass is 35.5. The second-order valence-corrected chi connectivity index (χ2v) is 4.91. The molecule has 0 aromatic carbocycles. The predicted molar refractivity (Wildman–Crippen MR) is 75.5 cm³/mol. The molecule has 1 N–H and O–H groups in total. The van der Waals surface area contributed by atoms with Gasteiger partial charge in [-0.3, -0.25) is 4.79 Å². The van der Waals surface area contributed by atoms with E-state index in [4.69, 9.17) is 11.6 Å². The number of amides is 1. The lowest BCUT2D eigenvalue weighted by Crippen LogP contribution is -2.28. The summed E-state index contributed by atoms with van der Waals surface area (Å²) in [5.41, 5.74) is 1.28. The van der Waals surface area contributed by atoms with E-state index in [1.807, 2.05) is 20.9 Å². The molecule has 6 nitrogen and oxygen atoms in total. The van der Waals surface area contributed by atoms with Crippen molar-refractivity contribution in [3.05, 3.63) is 40.7 Å². The Morgan fingerprint density at radius 2 is 2.25 bits per heavy atom. The zero-order chi connectivity index (χ0) is 14.7. The van der Waals surface area contributed by atoms with Crippen molar-refractivity contribution in [1.82, 2.24) is 25.1 Å². The molecule has 106 valence electrons. The average Bonchev–Trinajstić information content (AvgIpc) is 2.84. The Morgan fingerprint density at radius 3 is 2.85 bits per heavy atom. The van der Waals surface area contributed by atoms with E-state index < -0.39 is 0 Å². The average molecular weight is 294 g/mol. The van der Waals surface area contributed by atoms with Crippen molar-refractivity contribution in [2.45, 2.75) is 26.3 Å². The number of halogens is 1. The smallest absolute Gasteiger partial charge is 0.252 e. The van der Waals surface area contributed by atoms with Crippen LogP contribution in [0.1, 0.15) is 41.8 Å². The van der Waals surface area contributed by atoms with Gasteiger partial charge in [0.2, 0.25) is 0 Å². The lowest BCUT2D eigenvalue weighted by atomic mass is 10.2. The molecule has 2 rings (SSSR count). The van der Waals surface area contributed by atoms with E-state index in [1.165, 1.54) is 0 Å². The van der Waals surface area contributed by atoms with Crippen LogP contribution in [0.3, 0.4) is 0 Å². The standard InChI is InChI=1S/C13H16ClN5O/c1-4-10-5-9(6-11(14)17-10)13(20)16-8(2)12-18-15-7-19(12)3/h5-8H,4H2,1-3H3,(H,16,20). The van der Waals surface area contributed by atoms with Crippen molar-refractivity contribution in [2.75, 3.05) is 0 Å². The minimum atomic E-state index is -0.244. The number of hydrogen-bond donors (Lipinski definition) is 1. The summed E-state index contributed by atoms with van der Waals surface area (Å²) < 4.78 is 1.77. The molecule has 0 spiro atoms. The first-order chi connectivity index (χ1) is 9.51. The van der Waals surface area contributed by atoms with Crippen molar-refractivity contribution in [3.8, 4) is 0 Å². The highest BCUT2D eigenvalue weighted by molar-refractivity contribution is 6.29. The van der Waals surface area contributed by atoms with Crippen molar-refractivity contribution < 1.29 is 4.79 Å². The quantitative estimate of drug-likeness (QED) is 0.874. The number of hydrogen-bond acceptors (Lipinski definition) is 4. The van der Waals surface area contributed by atoms with Gasteiger partial charge in [0.1, 0.15) is 11.5 Å². The summed E-state index contributed by atoms with van der Waals surface area (Å²) in [5.74, 6) is 0.480. The Morgan fingerprint density at radius 1 is 1.50 bits per heavy atom. The molecule has 7 heteroatoms. The minimum Gasteiger partial charge on any atom is -0.342 e. The van der Waals surface area contributed by atoms with Gasteiger partial charge in [0.25, 0.3) is 5.91 Å². The molecule has 20 heavy (non-hydrogen) atoms. The molecular weight excluding hydrogens is 278 g/mol. The molecule has 0 saturated carbocycles. The molecule has 1 unspecified atom stereocenters. The van der Waals surface area contributed by atoms with Gasteiger partial charge >= 0.3 is 0 Å². The van der Waals surface area contributed by atoms with E-state index in [0.29, 0.717) is 16.5 Å². The minimum absolute atomic E-state index is 0.209. The second-order valence-electron chi connectivity index (χ2n) is 4.52. The van der Waals surface area contributed by atoms with Gasteiger partial charge in [0, 0.05) is 18.3 Å². The molecule has 1 atom stereocenters. The van der Waals surface area contributed by atoms with Gasteiger partial charge in [0.05, 0.1) is 6.04 Å². The third-order valence-corrected chi connectivity index (χ3v) is 3.15. The maximum Gasteiger partial charge on any atom is 0.252 e. The molecular formula is C13H16ClN5O. The first kappa shape index (κ1) is 14.5. The van der Waals surface area contributed by atoms with Gasteiger partial charge in [-0.15, -0.1) is 10.2 Å². The zero-order valence-corrected chi connectivity index (χ0v) is 12.3. The Balaban J connectivity index is 2.16. The second kappa shape index (κ2) is 6.00.